The van der Waals surface area contributed by atoms with Crippen molar-refractivity contribution in [3.05, 3.63) is 24.3 Å². The second kappa shape index (κ2) is 6.26. The van der Waals surface area contributed by atoms with E-state index in [4.69, 9.17) is 0 Å². The minimum absolute atomic E-state index is 0.0373. The number of thioether (sulfide) groups is 1. The van der Waals surface area contributed by atoms with E-state index < -0.39 is 16.7 Å². The van der Waals surface area contributed by atoms with Gasteiger partial charge in [-0.1, -0.05) is 0 Å². The van der Waals surface area contributed by atoms with Crippen molar-refractivity contribution >= 4 is 27.5 Å². The molecule has 1 aromatic carbocycles. The Morgan fingerprint density at radius 3 is 2.35 bits per heavy atom. The summed E-state index contributed by atoms with van der Waals surface area (Å²) in [5, 5.41) is 0. The third kappa shape index (κ3) is 3.89. The van der Waals surface area contributed by atoms with Crippen LogP contribution in [0.5, 0.6) is 0 Å². The molecule has 0 fully saturated rings. The van der Waals surface area contributed by atoms with Crippen molar-refractivity contribution in [1.29, 1.82) is 0 Å². The van der Waals surface area contributed by atoms with Crippen molar-refractivity contribution in [3.63, 3.8) is 0 Å². The van der Waals surface area contributed by atoms with Gasteiger partial charge in [0.25, 0.3) is 0 Å². The highest BCUT2D eigenvalue weighted by molar-refractivity contribution is 7.98. The molecule has 17 heavy (non-hydrogen) atoms. The largest absolute Gasteiger partial charge is 0.273 e. The molecule has 0 aliphatic rings. The molecule has 0 radical (unpaired) electrons. The van der Waals surface area contributed by atoms with Crippen LogP contribution in [0, 0.1) is 0 Å². The van der Waals surface area contributed by atoms with Gasteiger partial charge in [0.1, 0.15) is 0 Å². The zero-order valence-corrected chi connectivity index (χ0v) is 11.5. The van der Waals surface area contributed by atoms with E-state index in [1.54, 1.807) is 23.9 Å². The molecule has 0 saturated heterocycles. The van der Waals surface area contributed by atoms with E-state index in [0.29, 0.717) is 5.69 Å². The predicted octanol–water partition coefficient (Wildman–Crippen LogP) is 2.53. The molecule has 0 aliphatic heterocycles. The number of rotatable bonds is 6. The van der Waals surface area contributed by atoms with Gasteiger partial charge in [0.15, 0.2) is 0 Å². The van der Waals surface area contributed by atoms with E-state index in [2.05, 4.69) is 0 Å². The summed E-state index contributed by atoms with van der Waals surface area (Å²) in [4.78, 5) is 1.07. The van der Waals surface area contributed by atoms with Gasteiger partial charge in [0, 0.05) is 11.9 Å². The topological polar surface area (TPSA) is 37.4 Å². The Morgan fingerprint density at radius 1 is 1.29 bits per heavy atom. The van der Waals surface area contributed by atoms with Gasteiger partial charge in [-0.05, 0) is 36.9 Å². The van der Waals surface area contributed by atoms with E-state index in [0.717, 1.165) is 4.90 Å². The number of hydrogen-bond donors (Lipinski definition) is 0. The van der Waals surface area contributed by atoms with Gasteiger partial charge in [-0.2, -0.15) is 0 Å². The Balaban J connectivity index is 2.84. The molecule has 0 unspecified atom stereocenters. The maximum atomic E-state index is 12.0. The summed E-state index contributed by atoms with van der Waals surface area (Å²) in [6, 6.07) is 7.22. The third-order valence-electron chi connectivity index (χ3n) is 2.39. The normalized spacial score (nSPS) is 11.5. The SMILES string of the molecule is CSc1ccc(N(C)S(=O)(=O)CCCF)cc1. The van der Waals surface area contributed by atoms with Crippen LogP contribution in [0.1, 0.15) is 6.42 Å². The first-order valence-electron chi connectivity index (χ1n) is 5.18. The lowest BCUT2D eigenvalue weighted by Gasteiger charge is -2.19. The first-order valence-corrected chi connectivity index (χ1v) is 8.01. The van der Waals surface area contributed by atoms with E-state index in [9.17, 15) is 12.8 Å². The molecule has 1 rings (SSSR count). The molecule has 0 aliphatic carbocycles. The predicted molar refractivity (Wildman–Crippen MR) is 71.0 cm³/mol. The Bertz CT molecular complexity index is 445. The molecule has 0 atom stereocenters. The maximum absolute atomic E-state index is 12.0. The maximum Gasteiger partial charge on any atom is 0.234 e. The number of halogens is 1. The van der Waals surface area contributed by atoms with Gasteiger partial charge < -0.3 is 0 Å². The molecule has 3 nitrogen and oxygen atoms in total. The average Bonchev–Trinajstić information content (AvgIpc) is 2.35. The highest BCUT2D eigenvalue weighted by Crippen LogP contribution is 2.21. The van der Waals surface area contributed by atoms with Crippen molar-refractivity contribution in [3.8, 4) is 0 Å². The molecular weight excluding hydrogens is 261 g/mol. The lowest BCUT2D eigenvalue weighted by atomic mass is 10.3. The van der Waals surface area contributed by atoms with Gasteiger partial charge in [-0.15, -0.1) is 11.8 Å². The van der Waals surface area contributed by atoms with Crippen molar-refractivity contribution in [1.82, 2.24) is 0 Å². The minimum Gasteiger partial charge on any atom is -0.273 e. The van der Waals surface area contributed by atoms with Gasteiger partial charge >= 0.3 is 0 Å². The summed E-state index contributed by atoms with van der Waals surface area (Å²) in [5.41, 5.74) is 0.599. The van der Waals surface area contributed by atoms with Crippen LogP contribution >= 0.6 is 11.8 Å². The smallest absolute Gasteiger partial charge is 0.234 e. The van der Waals surface area contributed by atoms with Gasteiger partial charge in [0.05, 0.1) is 18.1 Å². The molecule has 96 valence electrons. The van der Waals surface area contributed by atoms with Crippen molar-refractivity contribution in [2.24, 2.45) is 0 Å². The molecular formula is C11H16FNO2S2. The second-order valence-electron chi connectivity index (χ2n) is 3.52. The van der Waals surface area contributed by atoms with Crippen LogP contribution in [0.2, 0.25) is 0 Å². The summed E-state index contributed by atoms with van der Waals surface area (Å²) in [6.07, 6.45) is 1.99. The summed E-state index contributed by atoms with van der Waals surface area (Å²) >= 11 is 1.59. The van der Waals surface area contributed by atoms with E-state index >= 15 is 0 Å². The number of hydrogen-bond acceptors (Lipinski definition) is 3. The molecule has 0 spiro atoms. The fourth-order valence-corrected chi connectivity index (χ4v) is 2.93. The van der Waals surface area contributed by atoms with E-state index in [1.165, 1.54) is 11.4 Å². The van der Waals surface area contributed by atoms with Crippen molar-refractivity contribution in [2.45, 2.75) is 11.3 Å². The number of benzene rings is 1. The lowest BCUT2D eigenvalue weighted by Crippen LogP contribution is -2.29. The van der Waals surface area contributed by atoms with E-state index in [-0.39, 0.29) is 12.2 Å². The lowest BCUT2D eigenvalue weighted by molar-refractivity contribution is 0.484. The minimum atomic E-state index is -3.41. The monoisotopic (exact) mass is 277 g/mol. The molecule has 0 heterocycles. The molecule has 1 aromatic rings. The quantitative estimate of drug-likeness (QED) is 0.750. The van der Waals surface area contributed by atoms with Crippen LogP contribution in [0.25, 0.3) is 0 Å². The summed E-state index contributed by atoms with van der Waals surface area (Å²) in [6.45, 7) is -0.613. The fourth-order valence-electron chi connectivity index (χ4n) is 1.33. The average molecular weight is 277 g/mol. The first kappa shape index (κ1) is 14.3. The second-order valence-corrected chi connectivity index (χ2v) is 6.52. The molecule has 0 amide bonds. The van der Waals surface area contributed by atoms with Crippen molar-refractivity contribution < 1.29 is 12.8 Å². The van der Waals surface area contributed by atoms with Crippen LogP contribution in [-0.4, -0.2) is 34.1 Å². The number of anilines is 1. The molecule has 0 bridgehead atoms. The Labute approximate surface area is 106 Å². The summed E-state index contributed by atoms with van der Waals surface area (Å²) in [7, 11) is -1.92. The molecule has 0 N–H and O–H groups in total. The van der Waals surface area contributed by atoms with Gasteiger partial charge in [-0.3, -0.25) is 8.70 Å². The highest BCUT2D eigenvalue weighted by atomic mass is 32.2. The Kier molecular flexibility index (Phi) is 5.27. The number of alkyl halides is 1. The van der Waals surface area contributed by atoms with Crippen LogP contribution in [0.15, 0.2) is 29.2 Å². The number of nitrogens with zero attached hydrogens (tertiary/aromatic N) is 1. The Hall–Kier alpha value is -0.750. The van der Waals surface area contributed by atoms with Crippen LogP contribution in [0.3, 0.4) is 0 Å². The van der Waals surface area contributed by atoms with Crippen LogP contribution < -0.4 is 4.31 Å². The number of sulfonamides is 1. The van der Waals surface area contributed by atoms with Crippen LogP contribution in [0.4, 0.5) is 10.1 Å². The summed E-state index contributed by atoms with van der Waals surface area (Å²) < 4.78 is 36.8. The van der Waals surface area contributed by atoms with Gasteiger partial charge in [-0.25, -0.2) is 8.42 Å². The van der Waals surface area contributed by atoms with Crippen molar-refractivity contribution in [2.75, 3.05) is 30.0 Å². The zero-order valence-electron chi connectivity index (χ0n) is 9.89. The first-order chi connectivity index (χ1) is 8.01. The highest BCUT2D eigenvalue weighted by Gasteiger charge is 2.17. The third-order valence-corrected chi connectivity index (χ3v) is 4.98. The molecule has 0 saturated carbocycles. The van der Waals surface area contributed by atoms with E-state index in [1.807, 2.05) is 18.4 Å². The molecule has 6 heteroatoms. The van der Waals surface area contributed by atoms with Gasteiger partial charge in [0.2, 0.25) is 10.0 Å². The standard InChI is InChI=1S/C11H16FNO2S2/c1-13(17(14,15)9-3-8-12)10-4-6-11(16-2)7-5-10/h4-7H,3,8-9H2,1-2H3. The Morgan fingerprint density at radius 2 is 1.88 bits per heavy atom. The van der Waals surface area contributed by atoms with Crippen LogP contribution in [-0.2, 0) is 10.0 Å². The zero-order chi connectivity index (χ0) is 12.9. The molecule has 0 aromatic heterocycles. The summed E-state index contributed by atoms with van der Waals surface area (Å²) in [5.74, 6) is -0.162. The fraction of sp³-hybridized carbons (Fsp3) is 0.455.